The molecule has 0 aliphatic carbocycles. The molecule has 2 heterocycles. The minimum absolute atomic E-state index is 0.134. The third-order valence-corrected chi connectivity index (χ3v) is 4.28. The first-order valence-corrected chi connectivity index (χ1v) is 6.54. The number of benzene rings is 1. The van der Waals surface area contributed by atoms with Gasteiger partial charge in [-0.3, -0.25) is 14.2 Å². The zero-order chi connectivity index (χ0) is 13.6. The van der Waals surface area contributed by atoms with Gasteiger partial charge in [-0.15, -0.1) is 0 Å². The highest BCUT2D eigenvalue weighted by Gasteiger charge is 2.19. The van der Waals surface area contributed by atoms with Gasteiger partial charge in [0.2, 0.25) is 0 Å². The van der Waals surface area contributed by atoms with Crippen LogP contribution in [0.2, 0.25) is 0 Å². The third kappa shape index (κ3) is 1.72. The molecule has 5 nitrogen and oxygen atoms in total. The van der Waals surface area contributed by atoms with Crippen LogP contribution in [-0.4, -0.2) is 20.0 Å². The summed E-state index contributed by atoms with van der Waals surface area (Å²) in [5.41, 5.74) is 2.19. The van der Waals surface area contributed by atoms with Gasteiger partial charge < -0.3 is 4.57 Å². The lowest BCUT2D eigenvalue weighted by atomic mass is 10.3. The summed E-state index contributed by atoms with van der Waals surface area (Å²) in [7, 11) is 1.66. The lowest BCUT2D eigenvalue weighted by Crippen LogP contribution is -2.12. The number of para-hydroxylation sites is 2. The summed E-state index contributed by atoms with van der Waals surface area (Å²) in [4.78, 5) is 28.6. The fraction of sp³-hybridized carbons (Fsp3) is 0.154. The fourth-order valence-electron chi connectivity index (χ4n) is 1.95. The van der Waals surface area contributed by atoms with E-state index in [1.165, 1.54) is 15.5 Å². The third-order valence-electron chi connectivity index (χ3n) is 3.16. The van der Waals surface area contributed by atoms with Crippen LogP contribution >= 0.6 is 11.3 Å². The Kier molecular flexibility index (Phi) is 2.60. The second-order valence-corrected chi connectivity index (χ2v) is 5.21. The van der Waals surface area contributed by atoms with Gasteiger partial charge in [0.1, 0.15) is 11.2 Å². The van der Waals surface area contributed by atoms with Gasteiger partial charge in [-0.2, -0.15) is 0 Å². The van der Waals surface area contributed by atoms with E-state index in [9.17, 15) is 9.59 Å². The van der Waals surface area contributed by atoms with Crippen LogP contribution in [0, 0.1) is 6.92 Å². The van der Waals surface area contributed by atoms with E-state index >= 15 is 0 Å². The van der Waals surface area contributed by atoms with E-state index in [0.717, 1.165) is 22.4 Å². The van der Waals surface area contributed by atoms with Gasteiger partial charge >= 0.3 is 4.87 Å². The van der Waals surface area contributed by atoms with Crippen molar-refractivity contribution in [2.24, 2.45) is 7.05 Å². The molecular weight excluding hydrogens is 262 g/mol. The number of imidazole rings is 1. The average molecular weight is 273 g/mol. The second-order valence-electron chi connectivity index (χ2n) is 4.25. The summed E-state index contributed by atoms with van der Waals surface area (Å²) >= 11 is 0.965. The number of aromatic nitrogens is 3. The standard InChI is InChI=1S/C13H11N3O2S/c1-8-11(19-13(18)15(8)2)12(17)16-7-14-9-5-3-4-6-10(9)16/h3-7H,1-2H3. The maximum absolute atomic E-state index is 12.5. The molecule has 0 unspecified atom stereocenters. The van der Waals surface area contributed by atoms with E-state index in [-0.39, 0.29) is 10.8 Å². The number of thiazole rings is 1. The molecule has 0 saturated heterocycles. The van der Waals surface area contributed by atoms with Crippen molar-refractivity contribution in [2.75, 3.05) is 0 Å². The first-order chi connectivity index (χ1) is 9.09. The zero-order valence-electron chi connectivity index (χ0n) is 10.5. The quantitative estimate of drug-likeness (QED) is 0.679. The molecular formula is C13H11N3O2S. The summed E-state index contributed by atoms with van der Waals surface area (Å²) in [5, 5.41) is 0. The lowest BCUT2D eigenvalue weighted by molar-refractivity contribution is 0.0967. The van der Waals surface area contributed by atoms with Gasteiger partial charge in [-0.25, -0.2) is 4.98 Å². The first kappa shape index (κ1) is 11.9. The number of carbonyl (C=O) groups is 1. The number of nitrogens with zero attached hydrogens (tertiary/aromatic N) is 3. The van der Waals surface area contributed by atoms with E-state index in [0.29, 0.717) is 10.6 Å². The Bertz CT molecular complexity index is 841. The fourth-order valence-corrected chi connectivity index (χ4v) is 2.87. The molecule has 0 amide bonds. The van der Waals surface area contributed by atoms with Crippen LogP contribution in [0.25, 0.3) is 11.0 Å². The van der Waals surface area contributed by atoms with E-state index in [4.69, 9.17) is 0 Å². The first-order valence-electron chi connectivity index (χ1n) is 5.73. The normalized spacial score (nSPS) is 11.1. The van der Waals surface area contributed by atoms with Gasteiger partial charge in [0.15, 0.2) is 0 Å². The monoisotopic (exact) mass is 273 g/mol. The topological polar surface area (TPSA) is 56.9 Å². The van der Waals surface area contributed by atoms with Gasteiger partial charge in [0.25, 0.3) is 5.91 Å². The van der Waals surface area contributed by atoms with Crippen molar-refractivity contribution >= 4 is 28.3 Å². The van der Waals surface area contributed by atoms with Gasteiger partial charge in [-0.05, 0) is 19.1 Å². The molecule has 0 aliphatic heterocycles. The van der Waals surface area contributed by atoms with Crippen LogP contribution < -0.4 is 4.87 Å². The molecule has 1 aromatic carbocycles. The number of hydrogen-bond donors (Lipinski definition) is 0. The molecule has 0 aliphatic rings. The minimum Gasteiger partial charge on any atom is -0.306 e. The summed E-state index contributed by atoms with van der Waals surface area (Å²) in [6.45, 7) is 1.77. The molecule has 0 saturated carbocycles. The molecule has 0 fully saturated rings. The van der Waals surface area contributed by atoms with Gasteiger partial charge in [-0.1, -0.05) is 23.5 Å². The van der Waals surface area contributed by atoms with Crippen molar-refractivity contribution in [1.82, 2.24) is 14.1 Å². The Morgan fingerprint density at radius 1 is 1.32 bits per heavy atom. The Morgan fingerprint density at radius 2 is 2.05 bits per heavy atom. The van der Waals surface area contributed by atoms with E-state index in [1.807, 2.05) is 24.3 Å². The highest BCUT2D eigenvalue weighted by atomic mass is 32.1. The zero-order valence-corrected chi connectivity index (χ0v) is 11.3. The van der Waals surface area contributed by atoms with E-state index in [2.05, 4.69) is 4.98 Å². The molecule has 0 radical (unpaired) electrons. The predicted molar refractivity (Wildman–Crippen MR) is 73.8 cm³/mol. The van der Waals surface area contributed by atoms with Crippen LogP contribution in [-0.2, 0) is 7.05 Å². The Labute approximate surface area is 112 Å². The summed E-state index contributed by atoms with van der Waals surface area (Å²) < 4.78 is 2.96. The smallest absolute Gasteiger partial charge is 0.306 e. The molecule has 3 rings (SSSR count). The Morgan fingerprint density at radius 3 is 2.74 bits per heavy atom. The maximum Gasteiger partial charge on any atom is 0.307 e. The predicted octanol–water partition coefficient (Wildman–Crippen LogP) is 1.79. The average Bonchev–Trinajstić information content (AvgIpc) is 2.95. The highest BCUT2D eigenvalue weighted by Crippen LogP contribution is 2.17. The van der Waals surface area contributed by atoms with Crippen molar-refractivity contribution in [3.63, 3.8) is 0 Å². The largest absolute Gasteiger partial charge is 0.307 e. The van der Waals surface area contributed by atoms with E-state index < -0.39 is 0 Å². The molecule has 2 aromatic heterocycles. The summed E-state index contributed by atoms with van der Waals surface area (Å²) in [6.07, 6.45) is 1.50. The summed E-state index contributed by atoms with van der Waals surface area (Å²) in [5.74, 6) is -0.214. The SMILES string of the molecule is Cc1c(C(=O)n2cnc3ccccc32)sc(=O)n1C. The van der Waals surface area contributed by atoms with Crippen LogP contribution in [0.15, 0.2) is 35.4 Å². The van der Waals surface area contributed by atoms with Crippen LogP contribution in [0.3, 0.4) is 0 Å². The van der Waals surface area contributed by atoms with Crippen molar-refractivity contribution in [2.45, 2.75) is 6.92 Å². The second kappa shape index (κ2) is 4.17. The number of carbonyl (C=O) groups excluding carboxylic acids is 1. The van der Waals surface area contributed by atoms with Crippen molar-refractivity contribution < 1.29 is 4.79 Å². The number of fused-ring (bicyclic) bond motifs is 1. The van der Waals surface area contributed by atoms with Gasteiger partial charge in [0, 0.05) is 12.7 Å². The van der Waals surface area contributed by atoms with Crippen molar-refractivity contribution in [1.29, 1.82) is 0 Å². The molecule has 0 spiro atoms. The lowest BCUT2D eigenvalue weighted by Gasteiger charge is -2.02. The van der Waals surface area contributed by atoms with Crippen LogP contribution in [0.5, 0.6) is 0 Å². The molecule has 0 atom stereocenters. The molecule has 6 heteroatoms. The molecule has 0 bridgehead atoms. The van der Waals surface area contributed by atoms with E-state index in [1.54, 1.807) is 14.0 Å². The number of hydrogen-bond acceptors (Lipinski definition) is 4. The summed E-state index contributed by atoms with van der Waals surface area (Å²) in [6, 6.07) is 7.41. The number of rotatable bonds is 1. The molecule has 0 N–H and O–H groups in total. The minimum atomic E-state index is -0.214. The van der Waals surface area contributed by atoms with Crippen LogP contribution in [0.4, 0.5) is 0 Å². The maximum atomic E-state index is 12.5. The molecule has 19 heavy (non-hydrogen) atoms. The molecule has 3 aromatic rings. The van der Waals surface area contributed by atoms with Crippen molar-refractivity contribution in [3.05, 3.63) is 50.8 Å². The van der Waals surface area contributed by atoms with Crippen LogP contribution in [0.1, 0.15) is 15.4 Å². The Balaban J connectivity index is 2.19. The molecule has 96 valence electrons. The van der Waals surface area contributed by atoms with Gasteiger partial charge in [0.05, 0.1) is 11.0 Å². The highest BCUT2D eigenvalue weighted by molar-refractivity contribution is 7.11. The Hall–Kier alpha value is -2.21. The van der Waals surface area contributed by atoms with Crippen molar-refractivity contribution in [3.8, 4) is 0 Å².